The Balaban J connectivity index is 1.97. The number of fused-ring (bicyclic) bond motifs is 2. The Morgan fingerprint density at radius 2 is 1.52 bits per heavy atom. The van der Waals surface area contributed by atoms with Crippen LogP contribution in [-0.2, 0) is 4.79 Å². The third kappa shape index (κ3) is 2.82. The van der Waals surface area contributed by atoms with Gasteiger partial charge in [-0.3, -0.25) is 15.4 Å². The standard InChI is InChI=1S/C16H15N3O4/c1-10(20)17-18-16(21)19(22)15-11-6-2-4-8-13(11)23-14-9-5-3-7-12(14)15/h2-9,15,22H,1H3,(H,17,20)(H,18,21). The summed E-state index contributed by atoms with van der Waals surface area (Å²) >= 11 is 0. The number of hydrogen-bond acceptors (Lipinski definition) is 4. The molecule has 0 saturated carbocycles. The fraction of sp³-hybridized carbons (Fsp3) is 0.125. The largest absolute Gasteiger partial charge is 0.457 e. The number of hydrogen-bond donors (Lipinski definition) is 3. The van der Waals surface area contributed by atoms with Crippen LogP contribution >= 0.6 is 0 Å². The van der Waals surface area contributed by atoms with Gasteiger partial charge in [-0.1, -0.05) is 36.4 Å². The van der Waals surface area contributed by atoms with Crippen LogP contribution in [0.3, 0.4) is 0 Å². The van der Waals surface area contributed by atoms with Gasteiger partial charge in [0.05, 0.1) is 0 Å². The van der Waals surface area contributed by atoms with Gasteiger partial charge in [0, 0.05) is 18.1 Å². The first-order chi connectivity index (χ1) is 11.1. The van der Waals surface area contributed by atoms with Gasteiger partial charge in [0.15, 0.2) is 0 Å². The van der Waals surface area contributed by atoms with Crippen molar-refractivity contribution in [3.05, 3.63) is 59.7 Å². The van der Waals surface area contributed by atoms with E-state index in [-0.39, 0.29) is 0 Å². The number of carbonyl (C=O) groups is 2. The number of nitrogens with zero attached hydrogens (tertiary/aromatic N) is 1. The first-order valence-electron chi connectivity index (χ1n) is 6.98. The normalized spacial score (nSPS) is 12.4. The number of nitrogens with one attached hydrogen (secondary N) is 2. The fourth-order valence-corrected chi connectivity index (χ4v) is 2.46. The molecule has 0 atom stereocenters. The lowest BCUT2D eigenvalue weighted by molar-refractivity contribution is -0.120. The topological polar surface area (TPSA) is 90.9 Å². The van der Waals surface area contributed by atoms with Crippen molar-refractivity contribution >= 4 is 11.9 Å². The van der Waals surface area contributed by atoms with Crippen LogP contribution in [0, 0.1) is 0 Å². The molecule has 1 aliphatic heterocycles. The molecule has 0 saturated heterocycles. The maximum absolute atomic E-state index is 12.1. The van der Waals surface area contributed by atoms with Gasteiger partial charge in [0.2, 0.25) is 5.91 Å². The van der Waals surface area contributed by atoms with Crippen molar-refractivity contribution in [3.63, 3.8) is 0 Å². The summed E-state index contributed by atoms with van der Waals surface area (Å²) in [5.74, 6) is 0.671. The van der Waals surface area contributed by atoms with E-state index in [1.807, 2.05) is 12.1 Å². The fourth-order valence-electron chi connectivity index (χ4n) is 2.46. The summed E-state index contributed by atoms with van der Waals surface area (Å²) < 4.78 is 5.80. The molecule has 3 N–H and O–H groups in total. The minimum atomic E-state index is -0.850. The lowest BCUT2D eigenvalue weighted by Gasteiger charge is -2.32. The Hall–Kier alpha value is -3.06. The first kappa shape index (κ1) is 14.9. The summed E-state index contributed by atoms with van der Waals surface area (Å²) in [6.07, 6.45) is 0. The zero-order valence-electron chi connectivity index (χ0n) is 12.3. The monoisotopic (exact) mass is 313 g/mol. The summed E-state index contributed by atoms with van der Waals surface area (Å²) in [6, 6.07) is 12.7. The van der Waals surface area contributed by atoms with E-state index in [2.05, 4.69) is 10.9 Å². The molecule has 0 radical (unpaired) electrons. The lowest BCUT2D eigenvalue weighted by Crippen LogP contribution is -2.48. The lowest BCUT2D eigenvalue weighted by atomic mass is 9.94. The van der Waals surface area contributed by atoms with Gasteiger partial charge in [-0.05, 0) is 12.1 Å². The molecule has 0 aromatic heterocycles. The molecule has 0 aliphatic carbocycles. The van der Waals surface area contributed by atoms with Gasteiger partial charge in [-0.25, -0.2) is 10.2 Å². The number of amides is 3. The molecule has 0 fully saturated rings. The highest BCUT2D eigenvalue weighted by molar-refractivity contribution is 5.79. The summed E-state index contributed by atoms with van der Waals surface area (Å²) in [4.78, 5) is 23.0. The van der Waals surface area contributed by atoms with Crippen LogP contribution in [0.2, 0.25) is 0 Å². The number of para-hydroxylation sites is 2. The van der Waals surface area contributed by atoms with Crippen LogP contribution in [0.25, 0.3) is 0 Å². The van der Waals surface area contributed by atoms with Crippen molar-refractivity contribution in [2.24, 2.45) is 0 Å². The molecule has 0 spiro atoms. The van der Waals surface area contributed by atoms with Crippen molar-refractivity contribution in [1.82, 2.24) is 15.9 Å². The maximum Gasteiger partial charge on any atom is 0.360 e. The molecule has 2 aromatic carbocycles. The Morgan fingerprint density at radius 3 is 2.04 bits per heavy atom. The minimum absolute atomic E-state index is 0.445. The van der Waals surface area contributed by atoms with E-state index in [1.54, 1.807) is 36.4 Å². The summed E-state index contributed by atoms with van der Waals surface area (Å²) in [6.45, 7) is 1.25. The van der Waals surface area contributed by atoms with Gasteiger partial charge >= 0.3 is 6.03 Å². The van der Waals surface area contributed by atoms with Gasteiger partial charge in [-0.15, -0.1) is 0 Å². The Kier molecular flexibility index (Phi) is 3.86. The second-order valence-electron chi connectivity index (χ2n) is 5.04. The highest BCUT2D eigenvalue weighted by atomic mass is 16.5. The molecule has 7 heteroatoms. The first-order valence-corrected chi connectivity index (χ1v) is 6.98. The highest BCUT2D eigenvalue weighted by Gasteiger charge is 2.33. The molecule has 118 valence electrons. The molecule has 0 bridgehead atoms. The number of urea groups is 1. The van der Waals surface area contributed by atoms with Crippen LogP contribution in [0.15, 0.2) is 48.5 Å². The molecule has 3 amide bonds. The van der Waals surface area contributed by atoms with Gasteiger partial charge in [0.1, 0.15) is 17.5 Å². The van der Waals surface area contributed by atoms with Crippen LogP contribution in [0.1, 0.15) is 24.1 Å². The second-order valence-corrected chi connectivity index (χ2v) is 5.04. The Bertz CT molecular complexity index is 717. The molecular weight excluding hydrogens is 298 g/mol. The van der Waals surface area contributed by atoms with Gasteiger partial charge < -0.3 is 4.74 Å². The number of benzene rings is 2. The number of ether oxygens (including phenoxy) is 1. The van der Waals surface area contributed by atoms with Crippen molar-refractivity contribution < 1.29 is 19.5 Å². The van der Waals surface area contributed by atoms with Crippen LogP contribution in [0.5, 0.6) is 11.5 Å². The van der Waals surface area contributed by atoms with Gasteiger partial charge in [-0.2, -0.15) is 5.06 Å². The zero-order valence-corrected chi connectivity index (χ0v) is 12.3. The Morgan fingerprint density at radius 1 is 1.00 bits per heavy atom. The number of rotatable bonds is 1. The number of hydrazine groups is 1. The molecule has 1 heterocycles. The third-order valence-corrected chi connectivity index (χ3v) is 3.45. The van der Waals surface area contributed by atoms with Crippen LogP contribution < -0.4 is 15.6 Å². The van der Waals surface area contributed by atoms with E-state index in [0.29, 0.717) is 27.7 Å². The van der Waals surface area contributed by atoms with Crippen molar-refractivity contribution in [3.8, 4) is 11.5 Å². The number of carbonyl (C=O) groups excluding carboxylic acids is 2. The quantitative estimate of drug-likeness (QED) is 0.556. The predicted molar refractivity (Wildman–Crippen MR) is 80.8 cm³/mol. The molecule has 1 aliphatic rings. The minimum Gasteiger partial charge on any atom is -0.457 e. The van der Waals surface area contributed by atoms with Crippen molar-refractivity contribution in [2.45, 2.75) is 13.0 Å². The highest BCUT2D eigenvalue weighted by Crippen LogP contribution is 2.44. The molecule has 0 unspecified atom stereocenters. The van der Waals surface area contributed by atoms with E-state index >= 15 is 0 Å². The van der Waals surface area contributed by atoms with Crippen LogP contribution in [-0.4, -0.2) is 22.2 Å². The number of hydroxylamine groups is 2. The zero-order chi connectivity index (χ0) is 16.4. The summed E-state index contributed by atoms with van der Waals surface area (Å²) in [5, 5.41) is 10.9. The van der Waals surface area contributed by atoms with E-state index < -0.39 is 18.0 Å². The molecular formula is C16H15N3O4. The van der Waals surface area contributed by atoms with Crippen molar-refractivity contribution in [1.29, 1.82) is 0 Å². The maximum atomic E-state index is 12.1. The van der Waals surface area contributed by atoms with Gasteiger partial charge in [0.25, 0.3) is 0 Å². The second kappa shape index (κ2) is 5.98. The third-order valence-electron chi connectivity index (χ3n) is 3.45. The molecule has 23 heavy (non-hydrogen) atoms. The smallest absolute Gasteiger partial charge is 0.360 e. The summed E-state index contributed by atoms with van der Waals surface area (Å²) in [5.41, 5.74) is 5.57. The SMILES string of the molecule is CC(=O)NNC(=O)N(O)C1c2ccccc2Oc2ccccc21. The van der Waals surface area contributed by atoms with E-state index in [0.717, 1.165) is 0 Å². The van der Waals surface area contributed by atoms with Crippen LogP contribution in [0.4, 0.5) is 4.79 Å². The average Bonchev–Trinajstić information content (AvgIpc) is 2.56. The van der Waals surface area contributed by atoms with E-state index in [4.69, 9.17) is 4.74 Å². The molecule has 3 rings (SSSR count). The molecule has 7 nitrogen and oxygen atoms in total. The predicted octanol–water partition coefficient (Wildman–Crippen LogP) is 2.33. The molecule has 2 aromatic rings. The summed E-state index contributed by atoms with van der Waals surface area (Å²) in [7, 11) is 0. The van der Waals surface area contributed by atoms with Crippen molar-refractivity contribution in [2.75, 3.05) is 0 Å². The Labute approximate surface area is 132 Å². The van der Waals surface area contributed by atoms with E-state index in [1.165, 1.54) is 6.92 Å². The van der Waals surface area contributed by atoms with E-state index in [9.17, 15) is 14.8 Å². The average molecular weight is 313 g/mol.